The van der Waals surface area contributed by atoms with Gasteiger partial charge in [-0.1, -0.05) is 35.6 Å². The van der Waals surface area contributed by atoms with Gasteiger partial charge in [-0.3, -0.25) is 20.2 Å². The third-order valence-corrected chi connectivity index (χ3v) is 4.26. The molecule has 0 aliphatic rings. The highest BCUT2D eigenvalue weighted by molar-refractivity contribution is 7.22. The molecule has 112 valence electrons. The van der Waals surface area contributed by atoms with E-state index in [1.54, 1.807) is 18.3 Å². The van der Waals surface area contributed by atoms with E-state index >= 15 is 0 Å². The number of fused-ring (bicyclic) bond motifs is 1. The molecule has 0 radical (unpaired) electrons. The summed E-state index contributed by atoms with van der Waals surface area (Å²) < 4.78 is 0.868. The molecule has 0 fully saturated rings. The van der Waals surface area contributed by atoms with Gasteiger partial charge in [-0.25, -0.2) is 4.98 Å². The van der Waals surface area contributed by atoms with Crippen molar-refractivity contribution in [3.8, 4) is 11.4 Å². The van der Waals surface area contributed by atoms with Crippen molar-refractivity contribution < 1.29 is 4.79 Å². The van der Waals surface area contributed by atoms with E-state index in [0.29, 0.717) is 16.3 Å². The van der Waals surface area contributed by atoms with E-state index in [1.807, 2.05) is 36.4 Å². The normalized spacial score (nSPS) is 10.8. The highest BCUT2D eigenvalue weighted by atomic mass is 32.1. The fourth-order valence-corrected chi connectivity index (χ4v) is 3.11. The summed E-state index contributed by atoms with van der Waals surface area (Å²) in [5.41, 5.74) is 2.73. The molecule has 4 aromatic rings. The van der Waals surface area contributed by atoms with Crippen LogP contribution in [0.25, 0.3) is 21.7 Å². The Morgan fingerprint density at radius 3 is 2.70 bits per heavy atom. The number of anilines is 1. The second-order valence-electron chi connectivity index (χ2n) is 4.80. The Morgan fingerprint density at radius 2 is 1.91 bits per heavy atom. The van der Waals surface area contributed by atoms with Crippen molar-refractivity contribution in [1.29, 1.82) is 0 Å². The number of nitrogens with one attached hydrogen (secondary N) is 2. The third-order valence-electron chi connectivity index (χ3n) is 3.28. The van der Waals surface area contributed by atoms with E-state index in [2.05, 4.69) is 25.5 Å². The van der Waals surface area contributed by atoms with Gasteiger partial charge in [-0.15, -0.1) is 0 Å². The zero-order valence-corrected chi connectivity index (χ0v) is 12.7. The van der Waals surface area contributed by atoms with Gasteiger partial charge in [0.15, 0.2) is 10.8 Å². The van der Waals surface area contributed by atoms with Crippen LogP contribution in [0, 0.1) is 0 Å². The Morgan fingerprint density at radius 1 is 1.09 bits per heavy atom. The smallest absolute Gasteiger partial charge is 0.257 e. The van der Waals surface area contributed by atoms with E-state index < -0.39 is 0 Å². The highest BCUT2D eigenvalue weighted by Gasteiger charge is 2.16. The quantitative estimate of drug-likeness (QED) is 0.606. The van der Waals surface area contributed by atoms with E-state index in [9.17, 15) is 4.79 Å². The van der Waals surface area contributed by atoms with Gasteiger partial charge in [-0.05, 0) is 24.3 Å². The van der Waals surface area contributed by atoms with Crippen LogP contribution in [0.3, 0.4) is 0 Å². The summed E-state index contributed by atoms with van der Waals surface area (Å²) in [6.45, 7) is 0. The Kier molecular flexibility index (Phi) is 3.32. The van der Waals surface area contributed by atoms with Crippen molar-refractivity contribution >= 4 is 32.7 Å². The van der Waals surface area contributed by atoms with Gasteiger partial charge in [0.05, 0.1) is 5.69 Å². The molecule has 6 nitrogen and oxygen atoms in total. The second-order valence-corrected chi connectivity index (χ2v) is 5.80. The summed E-state index contributed by atoms with van der Waals surface area (Å²) in [7, 11) is 0. The average molecular weight is 321 g/mol. The van der Waals surface area contributed by atoms with Gasteiger partial charge in [0.25, 0.3) is 5.91 Å². The molecule has 7 heteroatoms. The van der Waals surface area contributed by atoms with Crippen molar-refractivity contribution in [3.05, 3.63) is 60.3 Å². The molecule has 4 rings (SSSR count). The Hall–Kier alpha value is -3.06. The van der Waals surface area contributed by atoms with Crippen molar-refractivity contribution in [1.82, 2.24) is 20.2 Å². The fourth-order valence-electron chi connectivity index (χ4n) is 2.20. The first-order valence-electron chi connectivity index (χ1n) is 6.94. The lowest BCUT2D eigenvalue weighted by Crippen LogP contribution is -2.11. The number of hydrogen-bond donors (Lipinski definition) is 2. The molecule has 3 heterocycles. The molecule has 0 unspecified atom stereocenters. The topological polar surface area (TPSA) is 83.6 Å². The van der Waals surface area contributed by atoms with Crippen molar-refractivity contribution in [2.75, 3.05) is 5.32 Å². The summed E-state index contributed by atoms with van der Waals surface area (Å²) in [6, 6.07) is 14.7. The summed E-state index contributed by atoms with van der Waals surface area (Å²) in [6.07, 6.45) is 1.72. The molecule has 0 aliphatic carbocycles. The second kappa shape index (κ2) is 5.62. The first-order chi connectivity index (χ1) is 11.3. The van der Waals surface area contributed by atoms with Crippen LogP contribution in [-0.4, -0.2) is 26.1 Å². The van der Waals surface area contributed by atoms with Crippen LogP contribution >= 0.6 is 11.3 Å². The van der Waals surface area contributed by atoms with Crippen LogP contribution < -0.4 is 5.32 Å². The summed E-state index contributed by atoms with van der Waals surface area (Å²) in [4.78, 5) is 20.8. The van der Waals surface area contributed by atoms with Crippen LogP contribution in [0.2, 0.25) is 0 Å². The maximum absolute atomic E-state index is 12.2. The number of aromatic amines is 1. The monoisotopic (exact) mass is 321 g/mol. The molecule has 23 heavy (non-hydrogen) atoms. The highest BCUT2D eigenvalue weighted by Crippen LogP contribution is 2.32. The number of nitrogens with zero attached hydrogens (tertiary/aromatic N) is 3. The molecule has 0 aliphatic heterocycles. The predicted molar refractivity (Wildman–Crippen MR) is 89.4 cm³/mol. The van der Waals surface area contributed by atoms with E-state index in [-0.39, 0.29) is 5.91 Å². The molecule has 0 bridgehead atoms. The minimum atomic E-state index is -0.186. The molecular weight excluding hydrogens is 310 g/mol. The third kappa shape index (κ3) is 2.58. The number of pyridine rings is 1. The lowest BCUT2D eigenvalue weighted by molar-refractivity contribution is 0.102. The zero-order valence-electron chi connectivity index (χ0n) is 11.9. The number of thiazole rings is 1. The lowest BCUT2D eigenvalue weighted by atomic mass is 10.2. The minimum absolute atomic E-state index is 0.186. The van der Waals surface area contributed by atoms with Crippen LogP contribution in [0.4, 0.5) is 5.13 Å². The van der Waals surface area contributed by atoms with E-state index in [4.69, 9.17) is 0 Å². The van der Waals surface area contributed by atoms with E-state index in [1.165, 1.54) is 11.3 Å². The largest absolute Gasteiger partial charge is 0.298 e. The van der Waals surface area contributed by atoms with Gasteiger partial charge in [-0.2, -0.15) is 5.10 Å². The van der Waals surface area contributed by atoms with Gasteiger partial charge >= 0.3 is 0 Å². The van der Waals surface area contributed by atoms with Crippen molar-refractivity contribution in [2.24, 2.45) is 0 Å². The SMILES string of the molecule is O=C(Nc1nc2[nH]nc(-c3ccccn3)c2s1)c1ccccc1. The molecule has 1 aromatic carbocycles. The van der Waals surface area contributed by atoms with E-state index in [0.717, 1.165) is 16.1 Å². The average Bonchev–Trinajstić information content (AvgIpc) is 3.16. The maximum atomic E-state index is 12.2. The van der Waals surface area contributed by atoms with Gasteiger partial charge < -0.3 is 0 Å². The first kappa shape index (κ1) is 13.6. The number of H-pyrrole nitrogens is 1. The number of benzene rings is 1. The molecular formula is C16H11N5OS. The van der Waals surface area contributed by atoms with Crippen LogP contribution in [0.1, 0.15) is 10.4 Å². The standard InChI is InChI=1S/C16H11N5OS/c22-15(10-6-2-1-3-7-10)19-16-18-14-13(23-16)12(20-21-14)11-8-4-5-9-17-11/h1-9H,(H2,18,19,20,21,22). The number of carbonyl (C=O) groups excluding carboxylic acids is 1. The predicted octanol–water partition coefficient (Wildman–Crippen LogP) is 3.33. The molecule has 3 aromatic heterocycles. The number of hydrogen-bond acceptors (Lipinski definition) is 5. The van der Waals surface area contributed by atoms with Crippen molar-refractivity contribution in [2.45, 2.75) is 0 Å². The number of aromatic nitrogens is 4. The van der Waals surface area contributed by atoms with Gasteiger partial charge in [0, 0.05) is 11.8 Å². The Balaban J connectivity index is 1.65. The van der Waals surface area contributed by atoms with Crippen LogP contribution in [0.5, 0.6) is 0 Å². The van der Waals surface area contributed by atoms with Crippen LogP contribution in [0.15, 0.2) is 54.7 Å². The summed E-state index contributed by atoms with van der Waals surface area (Å²) in [5.74, 6) is -0.186. The number of amides is 1. The van der Waals surface area contributed by atoms with Gasteiger partial charge in [0.2, 0.25) is 0 Å². The summed E-state index contributed by atoms with van der Waals surface area (Å²) >= 11 is 1.37. The Bertz CT molecular complexity index is 962. The number of carbonyl (C=O) groups is 1. The zero-order chi connectivity index (χ0) is 15.6. The molecule has 0 saturated heterocycles. The van der Waals surface area contributed by atoms with Gasteiger partial charge in [0.1, 0.15) is 10.4 Å². The van der Waals surface area contributed by atoms with Crippen LogP contribution in [-0.2, 0) is 0 Å². The number of rotatable bonds is 3. The molecule has 1 amide bonds. The molecule has 0 saturated carbocycles. The molecule has 0 spiro atoms. The first-order valence-corrected chi connectivity index (χ1v) is 7.75. The minimum Gasteiger partial charge on any atom is -0.298 e. The molecule has 2 N–H and O–H groups in total. The maximum Gasteiger partial charge on any atom is 0.257 e. The van der Waals surface area contributed by atoms with Crippen molar-refractivity contribution in [3.63, 3.8) is 0 Å². The fraction of sp³-hybridized carbons (Fsp3) is 0. The summed E-state index contributed by atoms with van der Waals surface area (Å²) in [5, 5.41) is 10.5. The Labute approximate surface area is 135 Å². The molecule has 0 atom stereocenters. The lowest BCUT2D eigenvalue weighted by Gasteiger charge is -2.00.